The molecule has 29 heavy (non-hydrogen) atoms. The molecule has 0 bridgehead atoms. The van der Waals surface area contributed by atoms with E-state index in [0.717, 1.165) is 10.5 Å². The SMILES string of the molecule is CC1(C)NC(=O)N(CCCC(=O)NCc2ccc(COCC(F)(F)F)cc2)C1=O. The first-order valence-corrected chi connectivity index (χ1v) is 9.11. The van der Waals surface area contributed by atoms with Crippen LogP contribution in [0.5, 0.6) is 0 Å². The van der Waals surface area contributed by atoms with Crippen molar-refractivity contribution in [3.05, 3.63) is 35.4 Å². The molecule has 0 spiro atoms. The summed E-state index contributed by atoms with van der Waals surface area (Å²) >= 11 is 0. The summed E-state index contributed by atoms with van der Waals surface area (Å²) in [6.07, 6.45) is -3.86. The molecular formula is C19H24F3N3O4. The number of carbonyl (C=O) groups is 3. The summed E-state index contributed by atoms with van der Waals surface area (Å²) in [4.78, 5) is 36.8. The van der Waals surface area contributed by atoms with Gasteiger partial charge in [-0.05, 0) is 31.4 Å². The molecule has 2 rings (SSSR count). The number of rotatable bonds is 9. The number of halogens is 3. The first-order chi connectivity index (χ1) is 13.5. The Labute approximate surface area is 166 Å². The van der Waals surface area contributed by atoms with Crippen molar-refractivity contribution in [2.75, 3.05) is 13.2 Å². The fourth-order valence-electron chi connectivity index (χ4n) is 2.75. The molecule has 10 heteroatoms. The Morgan fingerprint density at radius 3 is 2.34 bits per heavy atom. The average molecular weight is 415 g/mol. The standard InChI is InChI=1S/C19H24F3N3O4/c1-18(2)16(27)25(17(28)24-18)9-3-4-15(26)23-10-13-5-7-14(8-6-13)11-29-12-19(20,21)22/h5-8H,3-4,9-12H2,1-2H3,(H,23,26)(H,24,28). The molecule has 1 aromatic rings. The lowest BCUT2D eigenvalue weighted by molar-refractivity contribution is -0.176. The van der Waals surface area contributed by atoms with Crippen molar-refractivity contribution in [2.24, 2.45) is 0 Å². The Bertz CT molecular complexity index is 748. The minimum Gasteiger partial charge on any atom is -0.367 e. The van der Waals surface area contributed by atoms with Crippen LogP contribution in [0, 0.1) is 0 Å². The van der Waals surface area contributed by atoms with Crippen LogP contribution in [0.2, 0.25) is 0 Å². The third-order valence-corrected chi connectivity index (χ3v) is 4.28. The molecule has 2 N–H and O–H groups in total. The van der Waals surface area contributed by atoms with Gasteiger partial charge in [-0.2, -0.15) is 13.2 Å². The molecule has 1 saturated heterocycles. The van der Waals surface area contributed by atoms with Gasteiger partial charge < -0.3 is 15.4 Å². The van der Waals surface area contributed by atoms with E-state index in [1.54, 1.807) is 38.1 Å². The number of imide groups is 1. The molecule has 1 aliphatic heterocycles. The lowest BCUT2D eigenvalue weighted by Gasteiger charge is -2.15. The van der Waals surface area contributed by atoms with Gasteiger partial charge in [0, 0.05) is 19.5 Å². The van der Waals surface area contributed by atoms with E-state index in [0.29, 0.717) is 12.0 Å². The number of benzene rings is 1. The minimum atomic E-state index is -4.35. The molecule has 1 fully saturated rings. The highest BCUT2D eigenvalue weighted by atomic mass is 19.4. The third kappa shape index (κ3) is 7.04. The number of nitrogens with zero attached hydrogens (tertiary/aromatic N) is 1. The smallest absolute Gasteiger partial charge is 0.367 e. The van der Waals surface area contributed by atoms with E-state index in [4.69, 9.17) is 0 Å². The lowest BCUT2D eigenvalue weighted by atomic mass is 10.1. The van der Waals surface area contributed by atoms with E-state index in [1.165, 1.54) is 0 Å². The average Bonchev–Trinajstić information content (AvgIpc) is 2.81. The predicted octanol–water partition coefficient (Wildman–Crippen LogP) is 2.49. The number of hydrogen-bond acceptors (Lipinski definition) is 4. The fraction of sp³-hybridized carbons (Fsp3) is 0.526. The molecule has 0 atom stereocenters. The lowest BCUT2D eigenvalue weighted by Crippen LogP contribution is -2.40. The quantitative estimate of drug-likeness (QED) is 0.607. The van der Waals surface area contributed by atoms with Gasteiger partial charge in [-0.1, -0.05) is 24.3 Å². The summed E-state index contributed by atoms with van der Waals surface area (Å²) in [7, 11) is 0. The summed E-state index contributed by atoms with van der Waals surface area (Å²) in [6, 6.07) is 6.21. The van der Waals surface area contributed by atoms with Gasteiger partial charge in [-0.15, -0.1) is 0 Å². The molecule has 0 unspecified atom stereocenters. The monoisotopic (exact) mass is 415 g/mol. The third-order valence-electron chi connectivity index (χ3n) is 4.28. The van der Waals surface area contributed by atoms with E-state index < -0.39 is 24.4 Å². The zero-order valence-electron chi connectivity index (χ0n) is 16.3. The molecule has 0 radical (unpaired) electrons. The summed E-state index contributed by atoms with van der Waals surface area (Å²) in [5.74, 6) is -0.545. The Morgan fingerprint density at radius 1 is 1.17 bits per heavy atom. The molecule has 0 aromatic heterocycles. The number of carbonyl (C=O) groups excluding carboxylic acids is 3. The van der Waals surface area contributed by atoms with E-state index >= 15 is 0 Å². The van der Waals surface area contributed by atoms with Crippen molar-refractivity contribution in [1.29, 1.82) is 0 Å². The first kappa shape index (κ1) is 22.7. The highest BCUT2D eigenvalue weighted by molar-refractivity contribution is 6.06. The molecule has 160 valence electrons. The summed E-state index contributed by atoms with van der Waals surface area (Å²) in [6.45, 7) is 2.22. The molecular weight excluding hydrogens is 391 g/mol. The van der Waals surface area contributed by atoms with Crippen molar-refractivity contribution in [1.82, 2.24) is 15.5 Å². The van der Waals surface area contributed by atoms with Crippen LogP contribution in [0.3, 0.4) is 0 Å². The topological polar surface area (TPSA) is 87.7 Å². The number of amides is 4. The van der Waals surface area contributed by atoms with Crippen molar-refractivity contribution >= 4 is 17.8 Å². The van der Waals surface area contributed by atoms with Crippen molar-refractivity contribution < 1.29 is 32.3 Å². The summed E-state index contributed by atoms with van der Waals surface area (Å²) in [5.41, 5.74) is 0.457. The zero-order valence-corrected chi connectivity index (χ0v) is 16.3. The van der Waals surface area contributed by atoms with E-state index in [-0.39, 0.29) is 37.9 Å². The van der Waals surface area contributed by atoms with Gasteiger partial charge in [0.1, 0.15) is 12.1 Å². The van der Waals surface area contributed by atoms with Crippen LogP contribution in [0.4, 0.5) is 18.0 Å². The molecule has 1 aromatic carbocycles. The van der Waals surface area contributed by atoms with E-state index in [2.05, 4.69) is 15.4 Å². The maximum absolute atomic E-state index is 12.0. The maximum Gasteiger partial charge on any atom is 0.411 e. The summed E-state index contributed by atoms with van der Waals surface area (Å²) < 4.78 is 40.7. The Balaban J connectivity index is 1.67. The van der Waals surface area contributed by atoms with Gasteiger partial charge >= 0.3 is 12.2 Å². The number of ether oxygens (including phenoxy) is 1. The summed E-state index contributed by atoms with van der Waals surface area (Å²) in [5, 5.41) is 5.30. The van der Waals surface area contributed by atoms with Gasteiger partial charge in [0.05, 0.1) is 6.61 Å². The molecule has 1 heterocycles. The molecule has 7 nitrogen and oxygen atoms in total. The Kier molecular flexibility index (Phi) is 7.23. The number of urea groups is 1. The zero-order chi connectivity index (χ0) is 21.7. The highest BCUT2D eigenvalue weighted by Gasteiger charge is 2.43. The van der Waals surface area contributed by atoms with Crippen LogP contribution in [0.25, 0.3) is 0 Å². The fourth-order valence-corrected chi connectivity index (χ4v) is 2.75. The van der Waals surface area contributed by atoms with Gasteiger partial charge in [0.15, 0.2) is 0 Å². The number of alkyl halides is 3. The Morgan fingerprint density at radius 2 is 1.79 bits per heavy atom. The van der Waals surface area contributed by atoms with Crippen LogP contribution in [0.15, 0.2) is 24.3 Å². The van der Waals surface area contributed by atoms with E-state index in [1.807, 2.05) is 0 Å². The second-order valence-electron chi connectivity index (χ2n) is 7.32. The van der Waals surface area contributed by atoms with Gasteiger partial charge in [-0.3, -0.25) is 14.5 Å². The molecule has 1 aliphatic rings. The number of nitrogens with one attached hydrogen (secondary N) is 2. The minimum absolute atomic E-state index is 0.147. The van der Waals surface area contributed by atoms with Crippen LogP contribution in [-0.4, -0.2) is 47.6 Å². The largest absolute Gasteiger partial charge is 0.411 e. The molecule has 0 saturated carbocycles. The van der Waals surface area contributed by atoms with Gasteiger partial charge in [0.2, 0.25) is 5.91 Å². The van der Waals surface area contributed by atoms with Crippen LogP contribution >= 0.6 is 0 Å². The van der Waals surface area contributed by atoms with Crippen molar-refractivity contribution in [2.45, 2.75) is 51.6 Å². The number of hydrogen-bond donors (Lipinski definition) is 2. The van der Waals surface area contributed by atoms with Crippen molar-refractivity contribution in [3.8, 4) is 0 Å². The van der Waals surface area contributed by atoms with Crippen LogP contribution in [0.1, 0.15) is 37.8 Å². The highest BCUT2D eigenvalue weighted by Crippen LogP contribution is 2.17. The van der Waals surface area contributed by atoms with Crippen LogP contribution in [-0.2, 0) is 27.5 Å². The second-order valence-corrected chi connectivity index (χ2v) is 7.32. The van der Waals surface area contributed by atoms with Crippen molar-refractivity contribution in [3.63, 3.8) is 0 Å². The second kappa shape index (κ2) is 9.25. The first-order valence-electron chi connectivity index (χ1n) is 9.11. The van der Waals surface area contributed by atoms with Crippen LogP contribution < -0.4 is 10.6 Å². The Hall–Kier alpha value is -2.62. The maximum atomic E-state index is 12.0. The molecule has 0 aliphatic carbocycles. The predicted molar refractivity (Wildman–Crippen MR) is 97.6 cm³/mol. The molecule has 4 amide bonds. The normalized spacial score (nSPS) is 16.1. The van der Waals surface area contributed by atoms with Gasteiger partial charge in [-0.25, -0.2) is 4.79 Å². The van der Waals surface area contributed by atoms with Gasteiger partial charge in [0.25, 0.3) is 5.91 Å². The van der Waals surface area contributed by atoms with E-state index in [9.17, 15) is 27.6 Å².